The first-order valence-electron chi connectivity index (χ1n) is 9.60. The Morgan fingerprint density at radius 3 is 2.62 bits per heavy atom. The lowest BCUT2D eigenvalue weighted by atomic mass is 9.95. The summed E-state index contributed by atoms with van der Waals surface area (Å²) in [5.41, 5.74) is 1.80. The molecule has 2 unspecified atom stereocenters. The molecule has 29 heavy (non-hydrogen) atoms. The molecule has 3 rings (SSSR count). The van der Waals surface area contributed by atoms with Crippen molar-refractivity contribution in [2.24, 2.45) is 5.92 Å². The molecule has 1 saturated heterocycles. The molecule has 1 aliphatic heterocycles. The highest BCUT2D eigenvalue weighted by Crippen LogP contribution is 2.36. The Hall–Kier alpha value is -2.32. The number of carbonyl (C=O) groups is 2. The van der Waals surface area contributed by atoms with Gasteiger partial charge in [-0.1, -0.05) is 18.3 Å². The van der Waals surface area contributed by atoms with Crippen LogP contribution in [-0.4, -0.2) is 47.6 Å². The number of rotatable bonds is 4. The van der Waals surface area contributed by atoms with Crippen LogP contribution in [0, 0.1) is 12.8 Å². The Kier molecular flexibility index (Phi) is 7.87. The van der Waals surface area contributed by atoms with E-state index in [0.717, 1.165) is 21.3 Å². The zero-order chi connectivity index (χ0) is 21.6. The lowest BCUT2D eigenvalue weighted by Crippen LogP contribution is -2.53. The third-order valence-corrected chi connectivity index (χ3v) is 5.73. The molecule has 2 aromatic rings. The molecule has 0 aliphatic carbocycles. The molecule has 0 spiro atoms. The van der Waals surface area contributed by atoms with Crippen molar-refractivity contribution >= 4 is 28.7 Å². The van der Waals surface area contributed by atoms with E-state index in [9.17, 15) is 9.59 Å². The highest BCUT2D eigenvalue weighted by atomic mass is 32.1. The van der Waals surface area contributed by atoms with Crippen LogP contribution >= 0.6 is 11.3 Å². The second-order valence-electron chi connectivity index (χ2n) is 8.09. The van der Waals surface area contributed by atoms with Gasteiger partial charge in [-0.2, -0.15) is 0 Å². The number of thiazole rings is 1. The van der Waals surface area contributed by atoms with Gasteiger partial charge in [0.05, 0.1) is 11.3 Å². The van der Waals surface area contributed by atoms with Crippen LogP contribution in [-0.2, 0) is 14.3 Å². The molecular weight excluding hydrogens is 388 g/mol. The summed E-state index contributed by atoms with van der Waals surface area (Å²) >= 11 is 1.48. The number of methoxy groups -OCH3 is 1. The van der Waals surface area contributed by atoms with Crippen LogP contribution in [0.4, 0.5) is 5.00 Å². The highest BCUT2D eigenvalue weighted by molar-refractivity contribution is 7.19. The number of carbonyl (C=O) groups excluding carboxylic acids is 2. The van der Waals surface area contributed by atoms with Crippen molar-refractivity contribution < 1.29 is 14.3 Å². The van der Waals surface area contributed by atoms with E-state index in [1.54, 1.807) is 24.4 Å². The van der Waals surface area contributed by atoms with Crippen molar-refractivity contribution in [3.8, 4) is 10.6 Å². The first kappa shape index (κ1) is 23.0. The number of aromatic nitrogens is 2. The molecule has 3 heterocycles. The van der Waals surface area contributed by atoms with Crippen molar-refractivity contribution in [2.75, 3.05) is 18.6 Å². The number of ether oxygens (including phenoxy) is 1. The predicted octanol–water partition coefficient (Wildman–Crippen LogP) is 3.43. The first-order chi connectivity index (χ1) is 13.7. The van der Waals surface area contributed by atoms with Crippen molar-refractivity contribution in [1.82, 2.24) is 15.3 Å². The molecule has 2 aromatic heterocycles. The summed E-state index contributed by atoms with van der Waals surface area (Å²) < 4.78 is 4.94. The van der Waals surface area contributed by atoms with Crippen LogP contribution in [0.25, 0.3) is 10.6 Å². The molecule has 2 amide bonds. The van der Waals surface area contributed by atoms with Crippen LogP contribution < -0.4 is 10.2 Å². The number of nitrogens with zero attached hydrogens (tertiary/aromatic N) is 3. The van der Waals surface area contributed by atoms with Crippen LogP contribution in [0.1, 0.15) is 39.8 Å². The summed E-state index contributed by atoms with van der Waals surface area (Å²) in [6, 6.07) is 3.36. The zero-order valence-corrected chi connectivity index (χ0v) is 18.7. The van der Waals surface area contributed by atoms with Gasteiger partial charge < -0.3 is 15.0 Å². The molecule has 7 nitrogen and oxygen atoms in total. The number of hydrogen-bond donors (Lipinski definition) is 1. The van der Waals surface area contributed by atoms with E-state index in [4.69, 9.17) is 4.74 Å². The van der Waals surface area contributed by atoms with E-state index < -0.39 is 6.04 Å². The lowest BCUT2D eigenvalue weighted by Gasteiger charge is -2.34. The fourth-order valence-corrected chi connectivity index (χ4v) is 3.90. The molecule has 1 N–H and O–H groups in total. The third kappa shape index (κ3) is 6.33. The molecule has 0 radical (unpaired) electrons. The van der Waals surface area contributed by atoms with Gasteiger partial charge in [0.1, 0.15) is 16.1 Å². The minimum Gasteiger partial charge on any atom is -0.379 e. The van der Waals surface area contributed by atoms with Crippen molar-refractivity contribution in [3.63, 3.8) is 0 Å². The third-order valence-electron chi connectivity index (χ3n) is 4.50. The summed E-state index contributed by atoms with van der Waals surface area (Å²) in [5, 5.41) is 4.31. The fourth-order valence-electron chi connectivity index (χ4n) is 2.82. The Balaban J connectivity index is 0.000000438. The van der Waals surface area contributed by atoms with E-state index in [1.807, 2.05) is 39.8 Å². The van der Waals surface area contributed by atoms with E-state index >= 15 is 0 Å². The maximum absolute atomic E-state index is 12.6. The predicted molar refractivity (Wildman–Crippen MR) is 116 cm³/mol. The minimum atomic E-state index is -0.459. The average molecular weight is 419 g/mol. The number of hydrogen-bond acceptors (Lipinski definition) is 6. The van der Waals surface area contributed by atoms with E-state index in [1.165, 1.54) is 11.3 Å². The fraction of sp³-hybridized carbons (Fsp3) is 0.524. The van der Waals surface area contributed by atoms with Gasteiger partial charge in [-0.15, -0.1) is 0 Å². The van der Waals surface area contributed by atoms with Gasteiger partial charge in [0, 0.05) is 31.6 Å². The standard InChI is InChI=1S/C16H18N4O2S.C5H12O/c1-10-6-13(18-9-21)15(22)20(8-10)16-11(2)19-14(23-16)12-4-3-5-17-7-12;1-5(2,3)6-4/h3-5,7,9-10,13H,6,8H2,1-2H3,(H,18,21);1-4H3. The van der Waals surface area contributed by atoms with Gasteiger partial charge in [0.2, 0.25) is 12.3 Å². The number of anilines is 1. The zero-order valence-electron chi connectivity index (χ0n) is 17.9. The van der Waals surface area contributed by atoms with Crippen LogP contribution in [0.15, 0.2) is 24.5 Å². The molecule has 8 heteroatoms. The maximum Gasteiger partial charge on any atom is 0.250 e. The van der Waals surface area contributed by atoms with Gasteiger partial charge in [-0.25, -0.2) is 4.98 Å². The number of pyridine rings is 1. The topological polar surface area (TPSA) is 84.4 Å². The minimum absolute atomic E-state index is 0.0417. The normalized spacial score (nSPS) is 19.4. The van der Waals surface area contributed by atoms with Gasteiger partial charge in [0.25, 0.3) is 0 Å². The molecular formula is C21H30N4O3S. The van der Waals surface area contributed by atoms with Crippen molar-refractivity contribution in [2.45, 2.75) is 52.7 Å². The van der Waals surface area contributed by atoms with Crippen LogP contribution in [0.3, 0.4) is 0 Å². The second-order valence-corrected chi connectivity index (χ2v) is 9.07. The summed E-state index contributed by atoms with van der Waals surface area (Å²) in [4.78, 5) is 33.8. The largest absolute Gasteiger partial charge is 0.379 e. The Labute approximate surface area is 176 Å². The molecule has 0 aromatic carbocycles. The van der Waals surface area contributed by atoms with E-state index in [0.29, 0.717) is 25.3 Å². The summed E-state index contributed by atoms with van der Waals surface area (Å²) in [6.45, 7) is 10.7. The maximum atomic E-state index is 12.6. The first-order valence-corrected chi connectivity index (χ1v) is 10.4. The van der Waals surface area contributed by atoms with Crippen molar-refractivity contribution in [3.05, 3.63) is 30.2 Å². The quantitative estimate of drug-likeness (QED) is 0.769. The number of nitrogens with one attached hydrogen (secondary N) is 1. The van der Waals surface area contributed by atoms with Gasteiger partial charge in [-0.05, 0) is 52.2 Å². The van der Waals surface area contributed by atoms with Gasteiger partial charge in [-0.3, -0.25) is 14.6 Å². The summed E-state index contributed by atoms with van der Waals surface area (Å²) in [6.07, 6.45) is 4.75. The summed E-state index contributed by atoms with van der Waals surface area (Å²) in [7, 11) is 1.71. The monoisotopic (exact) mass is 418 g/mol. The summed E-state index contributed by atoms with van der Waals surface area (Å²) in [5.74, 6) is 0.244. The van der Waals surface area contributed by atoms with E-state index in [-0.39, 0.29) is 11.5 Å². The van der Waals surface area contributed by atoms with Gasteiger partial charge >= 0.3 is 0 Å². The van der Waals surface area contributed by atoms with E-state index in [2.05, 4.69) is 22.2 Å². The Bertz CT molecular complexity index is 817. The Morgan fingerprint density at radius 2 is 2.07 bits per heavy atom. The number of aryl methyl sites for hydroxylation is 1. The smallest absolute Gasteiger partial charge is 0.250 e. The highest BCUT2D eigenvalue weighted by Gasteiger charge is 2.34. The van der Waals surface area contributed by atoms with Crippen molar-refractivity contribution in [1.29, 1.82) is 0 Å². The number of piperidine rings is 1. The molecule has 1 aliphatic rings. The second kappa shape index (κ2) is 9.93. The average Bonchev–Trinajstić information content (AvgIpc) is 3.07. The SMILES string of the molecule is COC(C)(C)C.Cc1nc(-c2cccnc2)sc1N1CC(C)CC(NC=O)C1=O. The van der Waals surface area contributed by atoms with Crippen LogP contribution in [0.5, 0.6) is 0 Å². The molecule has 158 valence electrons. The molecule has 1 fully saturated rings. The molecule has 0 bridgehead atoms. The molecule has 2 atom stereocenters. The molecule has 0 saturated carbocycles. The number of amides is 2. The lowest BCUT2D eigenvalue weighted by molar-refractivity contribution is -0.124. The van der Waals surface area contributed by atoms with Gasteiger partial charge in [0.15, 0.2) is 0 Å². The van der Waals surface area contributed by atoms with Crippen LogP contribution in [0.2, 0.25) is 0 Å². The Morgan fingerprint density at radius 1 is 1.38 bits per heavy atom.